The lowest BCUT2D eigenvalue weighted by molar-refractivity contribution is 0.0888. The first-order chi connectivity index (χ1) is 14.8. The first-order valence-electron chi connectivity index (χ1n) is 11.0. The number of guanidine groups is 1. The lowest BCUT2D eigenvalue weighted by Gasteiger charge is -2.29. The minimum atomic E-state index is -0.202. The maximum atomic E-state index is 14.6. The van der Waals surface area contributed by atoms with Gasteiger partial charge in [0.2, 0.25) is 0 Å². The SMILES string of the molecule is CCNC(=NCc1ccc(N2CCOCC2)c(F)c1)NCCCOCC1CCOC1. The molecule has 0 aliphatic carbocycles. The molecule has 30 heavy (non-hydrogen) atoms. The van der Waals surface area contributed by atoms with Crippen molar-refractivity contribution in [3.05, 3.63) is 29.6 Å². The van der Waals surface area contributed by atoms with Crippen LogP contribution in [0, 0.1) is 11.7 Å². The highest BCUT2D eigenvalue weighted by molar-refractivity contribution is 5.79. The molecule has 2 aliphatic heterocycles. The Bertz CT molecular complexity index is 662. The Morgan fingerprint density at radius 1 is 1.23 bits per heavy atom. The zero-order valence-electron chi connectivity index (χ0n) is 18.0. The van der Waals surface area contributed by atoms with Gasteiger partial charge in [-0.05, 0) is 37.5 Å². The van der Waals surface area contributed by atoms with Gasteiger partial charge in [-0.3, -0.25) is 0 Å². The summed E-state index contributed by atoms with van der Waals surface area (Å²) in [5.41, 5.74) is 1.49. The van der Waals surface area contributed by atoms with Crippen LogP contribution >= 0.6 is 0 Å². The van der Waals surface area contributed by atoms with E-state index in [1.807, 2.05) is 24.0 Å². The number of halogens is 1. The Morgan fingerprint density at radius 3 is 2.83 bits per heavy atom. The Balaban J connectivity index is 1.41. The molecule has 1 aromatic rings. The van der Waals surface area contributed by atoms with Gasteiger partial charge in [0.1, 0.15) is 5.82 Å². The van der Waals surface area contributed by atoms with Crippen LogP contribution in [0.25, 0.3) is 0 Å². The van der Waals surface area contributed by atoms with Crippen LogP contribution < -0.4 is 15.5 Å². The summed E-state index contributed by atoms with van der Waals surface area (Å²) in [5, 5.41) is 6.55. The van der Waals surface area contributed by atoms with Crippen LogP contribution in [0.3, 0.4) is 0 Å². The number of benzene rings is 1. The molecule has 2 aliphatic rings. The highest BCUT2D eigenvalue weighted by Crippen LogP contribution is 2.22. The zero-order chi connectivity index (χ0) is 21.0. The van der Waals surface area contributed by atoms with Crippen LogP contribution in [-0.4, -0.2) is 71.8 Å². The molecule has 0 aromatic heterocycles. The third-order valence-electron chi connectivity index (χ3n) is 5.26. The topological polar surface area (TPSA) is 67.4 Å². The minimum Gasteiger partial charge on any atom is -0.381 e. The molecule has 2 N–H and O–H groups in total. The Labute approximate surface area is 179 Å². The predicted molar refractivity (Wildman–Crippen MR) is 117 cm³/mol. The number of morpholine rings is 1. The number of nitrogens with one attached hydrogen (secondary N) is 2. The summed E-state index contributed by atoms with van der Waals surface area (Å²) in [5.74, 6) is 1.08. The lowest BCUT2D eigenvalue weighted by Crippen LogP contribution is -2.38. The highest BCUT2D eigenvalue weighted by atomic mass is 19.1. The van der Waals surface area contributed by atoms with Crippen LogP contribution in [0.4, 0.5) is 10.1 Å². The fourth-order valence-electron chi connectivity index (χ4n) is 3.57. The van der Waals surface area contributed by atoms with Crippen LogP contribution in [0.2, 0.25) is 0 Å². The third kappa shape index (κ3) is 7.41. The molecule has 2 heterocycles. The molecule has 1 unspecified atom stereocenters. The number of hydrogen-bond donors (Lipinski definition) is 2. The Morgan fingerprint density at radius 2 is 2.10 bits per heavy atom. The summed E-state index contributed by atoms with van der Waals surface area (Å²) in [6.07, 6.45) is 2.00. The number of rotatable bonds is 10. The molecule has 2 fully saturated rings. The normalized spacial score (nSPS) is 19.9. The Kier molecular flexibility index (Phi) is 9.66. The summed E-state index contributed by atoms with van der Waals surface area (Å²) in [4.78, 5) is 6.61. The molecule has 3 rings (SSSR count). The molecule has 168 valence electrons. The molecule has 1 aromatic carbocycles. The van der Waals surface area contributed by atoms with E-state index in [-0.39, 0.29) is 5.82 Å². The van der Waals surface area contributed by atoms with E-state index in [1.165, 1.54) is 0 Å². The number of nitrogens with zero attached hydrogens (tertiary/aromatic N) is 2. The molecule has 0 bridgehead atoms. The highest BCUT2D eigenvalue weighted by Gasteiger charge is 2.16. The van der Waals surface area contributed by atoms with E-state index < -0.39 is 0 Å². The second kappa shape index (κ2) is 12.7. The van der Waals surface area contributed by atoms with E-state index in [2.05, 4.69) is 15.6 Å². The largest absolute Gasteiger partial charge is 0.381 e. The second-order valence-electron chi connectivity index (χ2n) is 7.67. The van der Waals surface area contributed by atoms with E-state index >= 15 is 0 Å². The van der Waals surface area contributed by atoms with Crippen molar-refractivity contribution in [2.24, 2.45) is 10.9 Å². The maximum absolute atomic E-state index is 14.6. The standard InChI is InChI=1S/C22H35FN4O3/c1-2-24-22(25-7-3-10-29-16-19-6-11-30-17-19)26-15-18-4-5-21(20(23)14-18)27-8-12-28-13-9-27/h4-5,14,19H,2-3,6-13,15-17H2,1H3,(H2,24,25,26). The van der Waals surface area contributed by atoms with Gasteiger partial charge in [-0.25, -0.2) is 9.38 Å². The number of hydrogen-bond acceptors (Lipinski definition) is 5. The summed E-state index contributed by atoms with van der Waals surface area (Å²) < 4.78 is 31.0. The molecule has 0 spiro atoms. The zero-order valence-corrected chi connectivity index (χ0v) is 18.0. The summed E-state index contributed by atoms with van der Waals surface area (Å²) in [6, 6.07) is 5.37. The lowest BCUT2D eigenvalue weighted by atomic mass is 10.1. The predicted octanol–water partition coefficient (Wildman–Crippen LogP) is 2.16. The molecule has 0 saturated carbocycles. The molecular weight excluding hydrogens is 387 g/mol. The molecule has 2 saturated heterocycles. The molecule has 0 amide bonds. The van der Waals surface area contributed by atoms with Crippen LogP contribution in [0.1, 0.15) is 25.3 Å². The number of ether oxygens (including phenoxy) is 3. The van der Waals surface area contributed by atoms with Gasteiger partial charge in [0.05, 0.1) is 38.7 Å². The molecular formula is C22H35FN4O3. The molecule has 0 radical (unpaired) electrons. The molecule has 7 nitrogen and oxygen atoms in total. The van der Waals surface area contributed by atoms with Gasteiger partial charge in [-0.1, -0.05) is 6.07 Å². The van der Waals surface area contributed by atoms with Gasteiger partial charge in [-0.2, -0.15) is 0 Å². The van der Waals surface area contributed by atoms with Crippen molar-refractivity contribution < 1.29 is 18.6 Å². The van der Waals surface area contributed by atoms with Crippen molar-refractivity contribution in [2.45, 2.75) is 26.3 Å². The van der Waals surface area contributed by atoms with Crippen molar-refractivity contribution in [3.8, 4) is 0 Å². The quantitative estimate of drug-likeness (QED) is 0.342. The first kappa shape index (κ1) is 22.8. The van der Waals surface area contributed by atoms with E-state index in [9.17, 15) is 4.39 Å². The smallest absolute Gasteiger partial charge is 0.191 e. The third-order valence-corrected chi connectivity index (χ3v) is 5.26. The van der Waals surface area contributed by atoms with E-state index in [4.69, 9.17) is 14.2 Å². The molecule has 8 heteroatoms. The monoisotopic (exact) mass is 422 g/mol. The van der Waals surface area contributed by atoms with Gasteiger partial charge in [0.25, 0.3) is 0 Å². The first-order valence-corrected chi connectivity index (χ1v) is 11.0. The van der Waals surface area contributed by atoms with Gasteiger partial charge in [-0.15, -0.1) is 0 Å². The number of aliphatic imine (C=N–C) groups is 1. The summed E-state index contributed by atoms with van der Waals surface area (Å²) in [7, 11) is 0. The van der Waals surface area contributed by atoms with Gasteiger partial charge in [0.15, 0.2) is 5.96 Å². The summed E-state index contributed by atoms with van der Waals surface area (Å²) >= 11 is 0. The summed E-state index contributed by atoms with van der Waals surface area (Å²) in [6.45, 7) is 9.91. The fourth-order valence-corrected chi connectivity index (χ4v) is 3.57. The number of anilines is 1. The maximum Gasteiger partial charge on any atom is 0.191 e. The minimum absolute atomic E-state index is 0.202. The van der Waals surface area contributed by atoms with Crippen LogP contribution in [0.15, 0.2) is 23.2 Å². The van der Waals surface area contributed by atoms with Crippen LogP contribution in [-0.2, 0) is 20.8 Å². The van der Waals surface area contributed by atoms with Crippen molar-refractivity contribution in [1.82, 2.24) is 10.6 Å². The van der Waals surface area contributed by atoms with E-state index in [1.54, 1.807) is 6.07 Å². The van der Waals surface area contributed by atoms with Gasteiger partial charge >= 0.3 is 0 Å². The fraction of sp³-hybridized carbons (Fsp3) is 0.682. The van der Waals surface area contributed by atoms with Crippen molar-refractivity contribution >= 4 is 11.6 Å². The van der Waals surface area contributed by atoms with Crippen molar-refractivity contribution in [1.29, 1.82) is 0 Å². The van der Waals surface area contributed by atoms with Gasteiger partial charge in [0, 0.05) is 45.3 Å². The van der Waals surface area contributed by atoms with Crippen molar-refractivity contribution in [3.63, 3.8) is 0 Å². The second-order valence-corrected chi connectivity index (χ2v) is 7.67. The molecule has 1 atom stereocenters. The van der Waals surface area contributed by atoms with Crippen LogP contribution in [0.5, 0.6) is 0 Å². The average Bonchev–Trinajstić information content (AvgIpc) is 3.28. The van der Waals surface area contributed by atoms with Gasteiger partial charge < -0.3 is 29.7 Å². The van der Waals surface area contributed by atoms with E-state index in [0.717, 1.165) is 77.0 Å². The van der Waals surface area contributed by atoms with Crippen molar-refractivity contribution in [2.75, 3.05) is 70.7 Å². The average molecular weight is 423 g/mol. The Hall–Kier alpha value is -1.90. The van der Waals surface area contributed by atoms with E-state index in [0.29, 0.717) is 31.4 Å².